The maximum atomic E-state index is 11.6. The van der Waals surface area contributed by atoms with Gasteiger partial charge in [0.05, 0.1) is 11.8 Å². The first-order valence-electron chi connectivity index (χ1n) is 5.04. The predicted octanol–water partition coefficient (Wildman–Crippen LogP) is 1.20. The van der Waals surface area contributed by atoms with Gasteiger partial charge in [0.1, 0.15) is 3.70 Å². The molecule has 0 aromatic carbocycles. The molecule has 0 aliphatic carbocycles. The number of carbonyl (C=O) groups is 1. The fourth-order valence-corrected chi connectivity index (χ4v) is 1.93. The molecular weight excluding hydrogens is 325 g/mol. The topological polar surface area (TPSA) is 76.2 Å². The van der Waals surface area contributed by atoms with E-state index in [0.29, 0.717) is 15.9 Å². The van der Waals surface area contributed by atoms with Crippen molar-refractivity contribution in [2.24, 2.45) is 0 Å². The Morgan fingerprint density at radius 1 is 1.69 bits per heavy atom. The summed E-state index contributed by atoms with van der Waals surface area (Å²) in [5, 5.41) is 6.43. The van der Waals surface area contributed by atoms with E-state index in [-0.39, 0.29) is 12.2 Å². The molecule has 1 aromatic heterocycles. The average molecular weight is 337 g/mol. The Labute approximate surface area is 106 Å². The Morgan fingerprint density at radius 3 is 3.19 bits per heavy atom. The van der Waals surface area contributed by atoms with E-state index in [4.69, 9.17) is 9.57 Å². The molecule has 7 heteroatoms. The molecule has 1 amide bonds. The lowest BCUT2D eigenvalue weighted by Gasteiger charge is -2.21. The van der Waals surface area contributed by atoms with Gasteiger partial charge in [0.15, 0.2) is 6.29 Å². The Balaban J connectivity index is 1.81. The molecule has 0 saturated carbocycles. The SMILES string of the molecule is O=C(NOC1CCCCO1)c1cn[nH]c1I. The highest BCUT2D eigenvalue weighted by Gasteiger charge is 2.17. The number of hydrogen-bond donors (Lipinski definition) is 2. The zero-order chi connectivity index (χ0) is 11.4. The first-order valence-corrected chi connectivity index (χ1v) is 6.11. The minimum Gasteiger partial charge on any atom is -0.350 e. The first-order chi connectivity index (χ1) is 7.77. The van der Waals surface area contributed by atoms with Crippen LogP contribution >= 0.6 is 22.6 Å². The van der Waals surface area contributed by atoms with Crippen LogP contribution in [0.3, 0.4) is 0 Å². The summed E-state index contributed by atoms with van der Waals surface area (Å²) in [7, 11) is 0. The Bertz CT molecular complexity index is 363. The molecule has 2 heterocycles. The molecule has 6 nitrogen and oxygen atoms in total. The summed E-state index contributed by atoms with van der Waals surface area (Å²) in [6.07, 6.45) is 4.05. The molecule has 1 aliphatic rings. The number of hydrogen-bond acceptors (Lipinski definition) is 4. The molecule has 16 heavy (non-hydrogen) atoms. The van der Waals surface area contributed by atoms with Gasteiger partial charge in [0, 0.05) is 13.0 Å². The van der Waals surface area contributed by atoms with Crippen LogP contribution in [0.4, 0.5) is 0 Å². The number of ether oxygens (including phenoxy) is 1. The van der Waals surface area contributed by atoms with Crippen molar-refractivity contribution >= 4 is 28.5 Å². The van der Waals surface area contributed by atoms with Crippen molar-refractivity contribution in [3.8, 4) is 0 Å². The second-order valence-corrected chi connectivity index (χ2v) is 4.52. The number of aromatic nitrogens is 2. The number of halogens is 1. The van der Waals surface area contributed by atoms with E-state index in [1.165, 1.54) is 6.20 Å². The Morgan fingerprint density at radius 2 is 2.56 bits per heavy atom. The lowest BCUT2D eigenvalue weighted by atomic mass is 10.2. The molecule has 2 rings (SSSR count). The quantitative estimate of drug-likeness (QED) is 0.642. The number of amides is 1. The van der Waals surface area contributed by atoms with Crippen LogP contribution in [0.15, 0.2) is 6.20 Å². The smallest absolute Gasteiger partial charge is 0.279 e. The molecule has 0 bridgehead atoms. The van der Waals surface area contributed by atoms with Gasteiger partial charge in [-0.15, -0.1) is 0 Å². The van der Waals surface area contributed by atoms with E-state index in [1.54, 1.807) is 0 Å². The van der Waals surface area contributed by atoms with Crippen LogP contribution in [0.2, 0.25) is 0 Å². The molecule has 1 aromatic rings. The fraction of sp³-hybridized carbons (Fsp3) is 0.556. The normalized spacial score (nSPS) is 20.7. The summed E-state index contributed by atoms with van der Waals surface area (Å²) < 4.78 is 6.00. The second-order valence-electron chi connectivity index (χ2n) is 3.44. The molecule has 2 N–H and O–H groups in total. The molecule has 1 atom stereocenters. The lowest BCUT2D eigenvalue weighted by Crippen LogP contribution is -2.33. The van der Waals surface area contributed by atoms with E-state index >= 15 is 0 Å². The van der Waals surface area contributed by atoms with E-state index in [2.05, 4.69) is 15.7 Å². The third kappa shape index (κ3) is 2.92. The zero-order valence-corrected chi connectivity index (χ0v) is 10.7. The summed E-state index contributed by atoms with van der Waals surface area (Å²) in [6.45, 7) is 0.684. The van der Waals surface area contributed by atoms with Crippen molar-refractivity contribution in [1.82, 2.24) is 15.7 Å². The number of rotatable bonds is 3. The lowest BCUT2D eigenvalue weighted by molar-refractivity contribution is -0.186. The van der Waals surface area contributed by atoms with Gasteiger partial charge < -0.3 is 4.74 Å². The van der Waals surface area contributed by atoms with Gasteiger partial charge in [0.25, 0.3) is 5.91 Å². The van der Waals surface area contributed by atoms with Crippen LogP contribution in [0, 0.1) is 3.70 Å². The minimum atomic E-state index is -0.331. The largest absolute Gasteiger partial charge is 0.350 e. The third-order valence-corrected chi connectivity index (χ3v) is 3.08. The summed E-state index contributed by atoms with van der Waals surface area (Å²) in [6, 6.07) is 0. The van der Waals surface area contributed by atoms with Gasteiger partial charge in [-0.1, -0.05) is 0 Å². The highest BCUT2D eigenvalue weighted by molar-refractivity contribution is 14.1. The van der Waals surface area contributed by atoms with Crippen molar-refractivity contribution < 1.29 is 14.4 Å². The predicted molar refractivity (Wildman–Crippen MR) is 63.4 cm³/mol. The molecule has 1 fully saturated rings. The minimum absolute atomic E-state index is 0.313. The maximum absolute atomic E-state index is 11.6. The van der Waals surface area contributed by atoms with Crippen LogP contribution < -0.4 is 5.48 Å². The molecule has 88 valence electrons. The Kier molecular flexibility index (Phi) is 4.13. The van der Waals surface area contributed by atoms with Crippen molar-refractivity contribution in [3.05, 3.63) is 15.5 Å². The number of nitrogens with one attached hydrogen (secondary N) is 2. The van der Waals surface area contributed by atoms with Crippen molar-refractivity contribution in [2.45, 2.75) is 25.6 Å². The van der Waals surface area contributed by atoms with E-state index in [1.807, 2.05) is 22.6 Å². The monoisotopic (exact) mass is 337 g/mol. The van der Waals surface area contributed by atoms with Crippen molar-refractivity contribution in [2.75, 3.05) is 6.61 Å². The standard InChI is InChI=1S/C9H12IN3O3/c10-8-6(5-11-12-8)9(14)13-16-7-3-1-2-4-15-7/h5,7H,1-4H2,(H,11,12)(H,13,14). The van der Waals surface area contributed by atoms with Crippen LogP contribution in [-0.4, -0.2) is 29.0 Å². The number of aromatic amines is 1. The van der Waals surface area contributed by atoms with Crippen LogP contribution in [0.1, 0.15) is 29.6 Å². The number of hydroxylamine groups is 1. The van der Waals surface area contributed by atoms with Crippen LogP contribution in [0.5, 0.6) is 0 Å². The highest BCUT2D eigenvalue weighted by Crippen LogP contribution is 2.13. The van der Waals surface area contributed by atoms with Crippen molar-refractivity contribution in [1.29, 1.82) is 0 Å². The number of carbonyl (C=O) groups excluding carboxylic acids is 1. The first kappa shape index (κ1) is 11.8. The maximum Gasteiger partial charge on any atom is 0.279 e. The summed E-state index contributed by atoms with van der Waals surface area (Å²) >= 11 is 2.00. The van der Waals surface area contributed by atoms with Gasteiger partial charge in [-0.2, -0.15) is 5.10 Å². The van der Waals surface area contributed by atoms with Gasteiger partial charge in [0.2, 0.25) is 0 Å². The van der Waals surface area contributed by atoms with Gasteiger partial charge in [-0.25, -0.2) is 10.3 Å². The number of nitrogens with zero attached hydrogens (tertiary/aromatic N) is 1. The molecule has 1 saturated heterocycles. The third-order valence-electron chi connectivity index (χ3n) is 2.26. The number of H-pyrrole nitrogens is 1. The summed E-state index contributed by atoms with van der Waals surface area (Å²) in [5.74, 6) is -0.313. The summed E-state index contributed by atoms with van der Waals surface area (Å²) in [4.78, 5) is 16.8. The van der Waals surface area contributed by atoms with Crippen LogP contribution in [-0.2, 0) is 9.57 Å². The molecule has 1 unspecified atom stereocenters. The van der Waals surface area contributed by atoms with Gasteiger partial charge in [-0.05, 0) is 35.4 Å². The van der Waals surface area contributed by atoms with Gasteiger partial charge in [-0.3, -0.25) is 9.89 Å². The second kappa shape index (κ2) is 5.60. The zero-order valence-electron chi connectivity index (χ0n) is 8.53. The van der Waals surface area contributed by atoms with Crippen molar-refractivity contribution in [3.63, 3.8) is 0 Å². The fourth-order valence-electron chi connectivity index (χ4n) is 1.41. The molecule has 0 radical (unpaired) electrons. The van der Waals surface area contributed by atoms with E-state index in [9.17, 15) is 4.79 Å². The van der Waals surface area contributed by atoms with Gasteiger partial charge >= 0.3 is 0 Å². The van der Waals surface area contributed by atoms with E-state index in [0.717, 1.165) is 19.3 Å². The summed E-state index contributed by atoms with van der Waals surface area (Å²) in [5.41, 5.74) is 2.84. The molecule has 1 aliphatic heterocycles. The highest BCUT2D eigenvalue weighted by atomic mass is 127. The average Bonchev–Trinajstić information content (AvgIpc) is 2.74. The molecular formula is C9H12IN3O3. The Hall–Kier alpha value is -0.670. The molecule has 0 spiro atoms. The van der Waals surface area contributed by atoms with E-state index < -0.39 is 0 Å². The van der Waals surface area contributed by atoms with Crippen LogP contribution in [0.25, 0.3) is 0 Å².